The molecule has 1 atom stereocenters. The van der Waals surface area contributed by atoms with Gasteiger partial charge >= 0.3 is 12.1 Å². The molecule has 3 aliphatic heterocycles. The fraction of sp³-hybridized carbons (Fsp3) is 0.364. The maximum Gasteiger partial charge on any atom is 0.414 e. The number of cyclic esters (lactones) is 1. The van der Waals surface area contributed by atoms with Crippen LogP contribution >= 0.6 is 11.6 Å². The molecule has 0 aliphatic carbocycles. The number of nitrogens with zero attached hydrogens (tertiary/aromatic N) is 2. The number of carbonyl (C=O) groups is 2. The first-order valence-corrected chi connectivity index (χ1v) is 10.7. The van der Waals surface area contributed by atoms with E-state index in [-0.39, 0.29) is 24.3 Å². The van der Waals surface area contributed by atoms with Gasteiger partial charge in [0, 0.05) is 23.8 Å². The second-order valence-electron chi connectivity index (χ2n) is 8.44. The van der Waals surface area contributed by atoms with Crippen molar-refractivity contribution in [3.8, 4) is 0 Å². The number of benzene rings is 2. The molecule has 3 fully saturated rings. The van der Waals surface area contributed by atoms with E-state index in [0.29, 0.717) is 22.1 Å². The van der Waals surface area contributed by atoms with Crippen molar-refractivity contribution in [2.24, 2.45) is 5.41 Å². The van der Waals surface area contributed by atoms with Gasteiger partial charge in [-0.15, -0.1) is 0 Å². The SMILES string of the molecule is O=C(NC[C@H]1CN(c2ccc(N3CC4(COC4)C3)c(F)c2)C(=O)O1)Nc1ccc(Cl)cc1. The van der Waals surface area contributed by atoms with Crippen LogP contribution < -0.4 is 20.4 Å². The standard InChI is InChI=1S/C22H22ClFN4O4/c23-14-1-3-15(4-2-14)26-20(29)25-8-17-9-28(21(30)32-17)16-5-6-19(18(24)7-16)27-10-22(11-27)12-31-13-22/h1-7,17H,8-13H2,(H2,25,26,29)/t17-/m0/s1. The summed E-state index contributed by atoms with van der Waals surface area (Å²) in [5, 5.41) is 5.91. The summed E-state index contributed by atoms with van der Waals surface area (Å²) >= 11 is 5.83. The molecule has 0 bridgehead atoms. The number of carbonyl (C=O) groups excluding carboxylic acids is 2. The van der Waals surface area contributed by atoms with Crippen molar-refractivity contribution < 1.29 is 23.5 Å². The molecule has 0 unspecified atom stereocenters. The molecule has 3 aliphatic rings. The molecule has 0 aromatic heterocycles. The number of halogens is 2. The van der Waals surface area contributed by atoms with Gasteiger partial charge in [-0.25, -0.2) is 14.0 Å². The monoisotopic (exact) mass is 460 g/mol. The van der Waals surface area contributed by atoms with Crippen LogP contribution in [0.4, 0.5) is 31.0 Å². The lowest BCUT2D eigenvalue weighted by Gasteiger charge is -2.56. The van der Waals surface area contributed by atoms with Crippen molar-refractivity contribution in [3.05, 3.63) is 53.3 Å². The number of anilines is 3. The fourth-order valence-corrected chi connectivity index (χ4v) is 4.31. The lowest BCUT2D eigenvalue weighted by Crippen LogP contribution is -2.66. The van der Waals surface area contributed by atoms with E-state index in [4.69, 9.17) is 21.1 Å². The van der Waals surface area contributed by atoms with Crippen LogP contribution in [0.1, 0.15) is 0 Å². The Morgan fingerprint density at radius 1 is 1.19 bits per heavy atom. The number of urea groups is 1. The fourth-order valence-electron chi connectivity index (χ4n) is 4.18. The molecule has 32 heavy (non-hydrogen) atoms. The summed E-state index contributed by atoms with van der Waals surface area (Å²) in [7, 11) is 0. The predicted octanol–water partition coefficient (Wildman–Crippen LogP) is 3.46. The highest BCUT2D eigenvalue weighted by Crippen LogP contribution is 2.41. The normalized spacial score (nSPS) is 21.1. The maximum absolute atomic E-state index is 14.7. The van der Waals surface area contributed by atoms with Gasteiger partial charge in [0.2, 0.25) is 0 Å². The molecule has 168 valence electrons. The van der Waals surface area contributed by atoms with Gasteiger partial charge in [0.1, 0.15) is 11.9 Å². The molecular formula is C22H22ClFN4O4. The summed E-state index contributed by atoms with van der Waals surface area (Å²) in [6.07, 6.45) is -1.12. The smallest absolute Gasteiger partial charge is 0.414 e. The summed E-state index contributed by atoms with van der Waals surface area (Å²) in [4.78, 5) is 27.7. The van der Waals surface area contributed by atoms with E-state index in [2.05, 4.69) is 10.6 Å². The minimum atomic E-state index is -0.573. The summed E-state index contributed by atoms with van der Waals surface area (Å²) in [6.45, 7) is 3.36. The highest BCUT2D eigenvalue weighted by molar-refractivity contribution is 6.30. The average molecular weight is 461 g/mol. The molecule has 2 aromatic carbocycles. The van der Waals surface area contributed by atoms with Crippen LogP contribution in [0.3, 0.4) is 0 Å². The van der Waals surface area contributed by atoms with E-state index in [9.17, 15) is 14.0 Å². The van der Waals surface area contributed by atoms with Gasteiger partial charge in [-0.05, 0) is 42.5 Å². The number of rotatable bonds is 5. The second kappa shape index (κ2) is 8.14. The number of amides is 3. The first-order chi connectivity index (χ1) is 15.4. The van der Waals surface area contributed by atoms with Gasteiger partial charge in [0.25, 0.3) is 0 Å². The van der Waals surface area contributed by atoms with Crippen LogP contribution in [0.2, 0.25) is 5.02 Å². The van der Waals surface area contributed by atoms with Crippen LogP contribution in [-0.4, -0.2) is 57.6 Å². The third-order valence-corrected chi connectivity index (χ3v) is 6.17. The molecule has 3 saturated heterocycles. The minimum absolute atomic E-state index is 0.125. The summed E-state index contributed by atoms with van der Waals surface area (Å²) in [5.41, 5.74) is 1.72. The largest absolute Gasteiger partial charge is 0.442 e. The lowest BCUT2D eigenvalue weighted by molar-refractivity contribution is -0.127. The zero-order valence-corrected chi connectivity index (χ0v) is 17.9. The molecule has 0 saturated carbocycles. The molecular weight excluding hydrogens is 439 g/mol. The summed E-state index contributed by atoms with van der Waals surface area (Å²) in [6, 6.07) is 11.0. The Bertz CT molecular complexity index is 1040. The van der Waals surface area contributed by atoms with Crippen molar-refractivity contribution in [2.75, 3.05) is 54.5 Å². The van der Waals surface area contributed by atoms with Crippen molar-refractivity contribution >= 4 is 40.8 Å². The third-order valence-electron chi connectivity index (χ3n) is 5.92. The first-order valence-electron chi connectivity index (χ1n) is 10.3. The highest BCUT2D eigenvalue weighted by atomic mass is 35.5. The van der Waals surface area contributed by atoms with Gasteiger partial charge < -0.3 is 25.0 Å². The van der Waals surface area contributed by atoms with Crippen LogP contribution in [0.5, 0.6) is 0 Å². The van der Waals surface area contributed by atoms with Crippen LogP contribution in [0.25, 0.3) is 0 Å². The topological polar surface area (TPSA) is 83.1 Å². The Morgan fingerprint density at radius 2 is 1.94 bits per heavy atom. The molecule has 5 rings (SSSR count). The van der Waals surface area contributed by atoms with Gasteiger partial charge in [-0.3, -0.25) is 4.90 Å². The molecule has 0 radical (unpaired) electrons. The van der Waals surface area contributed by atoms with Crippen molar-refractivity contribution in [3.63, 3.8) is 0 Å². The number of nitrogens with one attached hydrogen (secondary N) is 2. The number of hydrogen-bond donors (Lipinski definition) is 2. The molecule has 1 spiro atoms. The van der Waals surface area contributed by atoms with Crippen molar-refractivity contribution in [1.82, 2.24) is 5.32 Å². The third kappa shape index (κ3) is 4.05. The van der Waals surface area contributed by atoms with E-state index in [1.165, 1.54) is 11.0 Å². The van der Waals surface area contributed by atoms with Crippen molar-refractivity contribution in [2.45, 2.75) is 6.10 Å². The zero-order valence-electron chi connectivity index (χ0n) is 17.1. The Labute approximate surface area is 189 Å². The number of hydrogen-bond acceptors (Lipinski definition) is 5. The molecule has 3 heterocycles. The molecule has 2 N–H and O–H groups in total. The summed E-state index contributed by atoms with van der Waals surface area (Å²) < 4.78 is 25.3. The Morgan fingerprint density at radius 3 is 2.59 bits per heavy atom. The maximum atomic E-state index is 14.7. The van der Waals surface area contributed by atoms with Crippen molar-refractivity contribution in [1.29, 1.82) is 0 Å². The molecule has 3 amide bonds. The van der Waals surface area contributed by atoms with Gasteiger partial charge in [0.05, 0.1) is 43.1 Å². The first kappa shape index (κ1) is 20.8. The Kier molecular flexibility index (Phi) is 5.30. The Balaban J connectivity index is 1.14. The quantitative estimate of drug-likeness (QED) is 0.714. The van der Waals surface area contributed by atoms with Crippen LogP contribution in [0, 0.1) is 11.2 Å². The van der Waals surface area contributed by atoms with E-state index in [1.807, 2.05) is 4.90 Å². The molecule has 10 heteroatoms. The predicted molar refractivity (Wildman–Crippen MR) is 118 cm³/mol. The number of ether oxygens (including phenoxy) is 2. The van der Waals surface area contributed by atoms with Gasteiger partial charge in [-0.1, -0.05) is 11.6 Å². The molecule has 2 aromatic rings. The van der Waals surface area contributed by atoms with Crippen LogP contribution in [0.15, 0.2) is 42.5 Å². The summed E-state index contributed by atoms with van der Waals surface area (Å²) in [5.74, 6) is -0.380. The lowest BCUT2D eigenvalue weighted by atomic mass is 9.78. The highest BCUT2D eigenvalue weighted by Gasteiger charge is 2.49. The zero-order chi connectivity index (χ0) is 22.3. The van der Waals surface area contributed by atoms with E-state index >= 15 is 0 Å². The van der Waals surface area contributed by atoms with E-state index < -0.39 is 18.2 Å². The van der Waals surface area contributed by atoms with E-state index in [0.717, 1.165) is 26.3 Å². The van der Waals surface area contributed by atoms with Crippen LogP contribution in [-0.2, 0) is 9.47 Å². The van der Waals surface area contributed by atoms with E-state index in [1.54, 1.807) is 36.4 Å². The van der Waals surface area contributed by atoms with Gasteiger partial charge in [-0.2, -0.15) is 0 Å². The van der Waals surface area contributed by atoms with Gasteiger partial charge in [0.15, 0.2) is 0 Å². The second-order valence-corrected chi connectivity index (χ2v) is 8.88. The molecule has 8 nitrogen and oxygen atoms in total. The average Bonchev–Trinajstić information content (AvgIpc) is 3.08. The minimum Gasteiger partial charge on any atom is -0.442 e. The Hall–Kier alpha value is -3.04.